The fourth-order valence-electron chi connectivity index (χ4n) is 2.37. The van der Waals surface area contributed by atoms with Gasteiger partial charge in [-0.3, -0.25) is 9.88 Å². The van der Waals surface area contributed by atoms with Gasteiger partial charge in [0.1, 0.15) is 0 Å². The van der Waals surface area contributed by atoms with E-state index < -0.39 is 0 Å². The van der Waals surface area contributed by atoms with Gasteiger partial charge in [-0.2, -0.15) is 0 Å². The van der Waals surface area contributed by atoms with E-state index in [1.54, 1.807) is 0 Å². The molecule has 2 heterocycles. The zero-order chi connectivity index (χ0) is 12.1. The molecule has 0 bridgehead atoms. The normalized spacial score (nSPS) is 17.4. The molecule has 102 valence electrons. The van der Waals surface area contributed by atoms with Gasteiger partial charge >= 0.3 is 0 Å². The van der Waals surface area contributed by atoms with Crippen molar-refractivity contribution in [2.75, 3.05) is 26.7 Å². The smallest absolute Gasteiger partial charge is 0.0544 e. The third kappa shape index (κ3) is 4.84. The lowest BCUT2D eigenvalue weighted by Gasteiger charge is -2.31. The summed E-state index contributed by atoms with van der Waals surface area (Å²) in [5.41, 5.74) is 1.17. The molecule has 1 aliphatic rings. The standard InChI is InChI=1S/C13H20BrN3.ClH/c1-15-8-11-4-6-17(7-5-11)10-13-3-2-12(14)9-16-13;/h2-3,9,11,15H,4-8,10H2,1H3;1H. The summed E-state index contributed by atoms with van der Waals surface area (Å²) < 4.78 is 1.05. The molecule has 0 spiro atoms. The average molecular weight is 335 g/mol. The molecular weight excluding hydrogens is 314 g/mol. The highest BCUT2D eigenvalue weighted by Crippen LogP contribution is 2.18. The molecule has 0 unspecified atom stereocenters. The van der Waals surface area contributed by atoms with Crippen molar-refractivity contribution in [1.29, 1.82) is 0 Å². The first-order chi connectivity index (χ1) is 8.28. The van der Waals surface area contributed by atoms with Gasteiger partial charge < -0.3 is 5.32 Å². The molecule has 5 heteroatoms. The van der Waals surface area contributed by atoms with Crippen LogP contribution in [0.5, 0.6) is 0 Å². The van der Waals surface area contributed by atoms with Crippen LogP contribution in [0.4, 0.5) is 0 Å². The molecule has 1 aliphatic heterocycles. The van der Waals surface area contributed by atoms with Gasteiger partial charge in [0, 0.05) is 17.2 Å². The number of pyridine rings is 1. The van der Waals surface area contributed by atoms with Crippen LogP contribution in [-0.2, 0) is 6.54 Å². The lowest BCUT2D eigenvalue weighted by molar-refractivity contribution is 0.175. The first-order valence-corrected chi connectivity index (χ1v) is 7.04. The molecule has 0 aromatic carbocycles. The number of hydrogen-bond donors (Lipinski definition) is 1. The Morgan fingerprint density at radius 1 is 1.39 bits per heavy atom. The number of likely N-dealkylation sites (tertiary alicyclic amines) is 1. The van der Waals surface area contributed by atoms with E-state index in [-0.39, 0.29) is 12.4 Å². The Morgan fingerprint density at radius 2 is 2.11 bits per heavy atom. The second kappa shape index (κ2) is 8.10. The van der Waals surface area contributed by atoms with Crippen LogP contribution in [0.1, 0.15) is 18.5 Å². The van der Waals surface area contributed by atoms with E-state index in [2.05, 4.69) is 43.3 Å². The Balaban J connectivity index is 0.00000162. The number of nitrogens with zero attached hydrogens (tertiary/aromatic N) is 2. The molecule has 2 rings (SSSR count). The topological polar surface area (TPSA) is 28.2 Å². The molecule has 0 aliphatic carbocycles. The van der Waals surface area contributed by atoms with Crippen molar-refractivity contribution in [3.05, 3.63) is 28.5 Å². The Morgan fingerprint density at radius 3 is 2.67 bits per heavy atom. The van der Waals surface area contributed by atoms with Gasteiger partial charge in [-0.1, -0.05) is 0 Å². The summed E-state index contributed by atoms with van der Waals surface area (Å²) in [5.74, 6) is 0.856. The molecule has 1 N–H and O–H groups in total. The summed E-state index contributed by atoms with van der Waals surface area (Å²) in [6.45, 7) is 4.54. The molecule has 3 nitrogen and oxygen atoms in total. The molecule has 18 heavy (non-hydrogen) atoms. The fourth-order valence-corrected chi connectivity index (χ4v) is 2.60. The van der Waals surface area contributed by atoms with Crippen molar-refractivity contribution in [3.63, 3.8) is 0 Å². The van der Waals surface area contributed by atoms with Crippen LogP contribution in [-0.4, -0.2) is 36.6 Å². The summed E-state index contributed by atoms with van der Waals surface area (Å²) in [6, 6.07) is 4.17. The maximum Gasteiger partial charge on any atom is 0.0544 e. The first-order valence-electron chi connectivity index (χ1n) is 6.25. The van der Waals surface area contributed by atoms with Crippen LogP contribution in [0.2, 0.25) is 0 Å². The predicted molar refractivity (Wildman–Crippen MR) is 81.1 cm³/mol. The minimum Gasteiger partial charge on any atom is -0.319 e. The van der Waals surface area contributed by atoms with E-state index in [9.17, 15) is 0 Å². The van der Waals surface area contributed by atoms with E-state index in [0.29, 0.717) is 0 Å². The van der Waals surface area contributed by atoms with Crippen molar-refractivity contribution < 1.29 is 0 Å². The molecular formula is C13H21BrClN3. The summed E-state index contributed by atoms with van der Waals surface area (Å²) in [6.07, 6.45) is 4.48. The molecule has 1 saturated heterocycles. The lowest BCUT2D eigenvalue weighted by atomic mass is 9.97. The molecule has 0 amide bonds. The molecule has 1 aromatic rings. The maximum atomic E-state index is 4.43. The largest absolute Gasteiger partial charge is 0.319 e. The van der Waals surface area contributed by atoms with Gasteiger partial charge in [0.15, 0.2) is 0 Å². The van der Waals surface area contributed by atoms with Crippen LogP contribution < -0.4 is 5.32 Å². The van der Waals surface area contributed by atoms with Crippen molar-refractivity contribution in [1.82, 2.24) is 15.2 Å². The Kier molecular flexibility index (Phi) is 7.15. The molecule has 1 aromatic heterocycles. The number of piperidine rings is 1. The second-order valence-corrected chi connectivity index (χ2v) is 5.66. The van der Waals surface area contributed by atoms with Crippen LogP contribution in [0.25, 0.3) is 0 Å². The minimum atomic E-state index is 0. The van der Waals surface area contributed by atoms with Crippen LogP contribution in [0, 0.1) is 5.92 Å². The van der Waals surface area contributed by atoms with E-state index in [1.807, 2.05) is 13.2 Å². The number of hydrogen-bond acceptors (Lipinski definition) is 3. The number of halogens is 2. The number of rotatable bonds is 4. The summed E-state index contributed by atoms with van der Waals surface area (Å²) in [7, 11) is 2.04. The highest BCUT2D eigenvalue weighted by Gasteiger charge is 2.18. The Hall–Kier alpha value is -0.160. The SMILES string of the molecule is CNCC1CCN(Cc2ccc(Br)cn2)CC1.Cl. The van der Waals surface area contributed by atoms with Gasteiger partial charge in [0.25, 0.3) is 0 Å². The average Bonchev–Trinajstić information content (AvgIpc) is 2.35. The number of aromatic nitrogens is 1. The van der Waals surface area contributed by atoms with Crippen LogP contribution in [0.3, 0.4) is 0 Å². The third-order valence-electron chi connectivity index (χ3n) is 3.37. The van der Waals surface area contributed by atoms with Crippen molar-refractivity contribution >= 4 is 28.3 Å². The minimum absolute atomic E-state index is 0. The van der Waals surface area contributed by atoms with E-state index in [0.717, 1.165) is 23.5 Å². The van der Waals surface area contributed by atoms with Gasteiger partial charge in [-0.25, -0.2) is 0 Å². The van der Waals surface area contributed by atoms with E-state index >= 15 is 0 Å². The third-order valence-corrected chi connectivity index (χ3v) is 3.84. The summed E-state index contributed by atoms with van der Waals surface area (Å²) in [5, 5.41) is 3.27. The Bertz CT molecular complexity index is 337. The highest BCUT2D eigenvalue weighted by atomic mass is 79.9. The van der Waals surface area contributed by atoms with Gasteiger partial charge in [0.05, 0.1) is 5.69 Å². The van der Waals surface area contributed by atoms with Crippen LogP contribution in [0.15, 0.2) is 22.8 Å². The first kappa shape index (κ1) is 15.9. The highest BCUT2D eigenvalue weighted by molar-refractivity contribution is 9.10. The Labute approximate surface area is 124 Å². The lowest BCUT2D eigenvalue weighted by Crippen LogP contribution is -2.36. The quantitative estimate of drug-likeness (QED) is 0.917. The summed E-state index contributed by atoms with van der Waals surface area (Å²) >= 11 is 3.41. The predicted octanol–water partition coefficient (Wildman–Crippen LogP) is 2.70. The van der Waals surface area contributed by atoms with Crippen molar-refractivity contribution in [2.45, 2.75) is 19.4 Å². The molecule has 0 atom stereocenters. The van der Waals surface area contributed by atoms with Gasteiger partial charge in [-0.05, 0) is 73.5 Å². The van der Waals surface area contributed by atoms with Crippen molar-refractivity contribution in [2.24, 2.45) is 5.92 Å². The second-order valence-electron chi connectivity index (χ2n) is 4.74. The number of nitrogens with one attached hydrogen (secondary N) is 1. The zero-order valence-corrected chi connectivity index (χ0v) is 13.1. The molecule has 1 fully saturated rings. The maximum absolute atomic E-state index is 4.43. The fraction of sp³-hybridized carbons (Fsp3) is 0.615. The molecule has 0 radical (unpaired) electrons. The monoisotopic (exact) mass is 333 g/mol. The van der Waals surface area contributed by atoms with E-state index in [1.165, 1.54) is 31.6 Å². The van der Waals surface area contributed by atoms with E-state index in [4.69, 9.17) is 0 Å². The van der Waals surface area contributed by atoms with Crippen LogP contribution >= 0.6 is 28.3 Å². The van der Waals surface area contributed by atoms with Gasteiger partial charge in [0.2, 0.25) is 0 Å². The van der Waals surface area contributed by atoms with Gasteiger partial charge in [-0.15, -0.1) is 12.4 Å². The van der Waals surface area contributed by atoms with Crippen molar-refractivity contribution in [3.8, 4) is 0 Å². The summed E-state index contributed by atoms with van der Waals surface area (Å²) in [4.78, 5) is 6.93. The molecule has 0 saturated carbocycles. The zero-order valence-electron chi connectivity index (χ0n) is 10.7.